The lowest BCUT2D eigenvalue weighted by Gasteiger charge is -2.23. The minimum Gasteiger partial charge on any atom is -0.507 e. The Morgan fingerprint density at radius 3 is 2.50 bits per heavy atom. The fraction of sp³-hybridized carbons (Fsp3) is 0.200. The standard InChI is InChI=1S/C25H22N2O8S/c1-12-22(24(32)35-4)36-25(26-12)27-19(13-8-9-16(28)17(11-13)34-3)18(21(30)23(27)31)20(29)14-6-5-7-15(10-14)33-2/h5-11,19,28-29H,1-4H3. The summed E-state index contributed by atoms with van der Waals surface area (Å²) in [5.74, 6) is -2.55. The Bertz CT molecular complexity index is 1410. The number of aliphatic hydroxyl groups excluding tert-OH is 1. The molecule has 1 unspecified atom stereocenters. The number of phenols is 1. The van der Waals surface area contributed by atoms with Crippen molar-refractivity contribution in [3.8, 4) is 17.2 Å². The number of aromatic hydroxyl groups is 1. The Labute approximate surface area is 210 Å². The van der Waals surface area contributed by atoms with E-state index in [1.807, 2.05) is 0 Å². The molecule has 2 heterocycles. The third kappa shape index (κ3) is 4.13. The number of rotatable bonds is 6. The van der Waals surface area contributed by atoms with Crippen molar-refractivity contribution in [3.63, 3.8) is 0 Å². The number of esters is 1. The highest BCUT2D eigenvalue weighted by Gasteiger charge is 2.48. The zero-order chi connectivity index (χ0) is 26.1. The minimum absolute atomic E-state index is 0.0664. The number of ether oxygens (including phenoxy) is 3. The highest BCUT2D eigenvalue weighted by atomic mass is 32.1. The predicted molar refractivity (Wildman–Crippen MR) is 131 cm³/mol. The molecule has 4 rings (SSSR count). The largest absolute Gasteiger partial charge is 0.507 e. The number of phenolic OH excluding ortho intramolecular Hbond substituents is 1. The van der Waals surface area contributed by atoms with E-state index in [4.69, 9.17) is 14.2 Å². The quantitative estimate of drug-likeness (QED) is 0.221. The Morgan fingerprint density at radius 1 is 1.08 bits per heavy atom. The first-order valence-corrected chi connectivity index (χ1v) is 11.4. The number of carbonyl (C=O) groups excluding carboxylic acids is 3. The van der Waals surface area contributed by atoms with Gasteiger partial charge in [0.15, 0.2) is 16.6 Å². The fourth-order valence-electron chi connectivity index (χ4n) is 3.90. The molecular formula is C25H22N2O8S. The van der Waals surface area contributed by atoms with E-state index in [1.165, 1.54) is 45.6 Å². The van der Waals surface area contributed by atoms with Crippen LogP contribution < -0.4 is 14.4 Å². The average molecular weight is 511 g/mol. The Kier molecular flexibility index (Phi) is 6.67. The molecular weight excluding hydrogens is 488 g/mol. The summed E-state index contributed by atoms with van der Waals surface area (Å²) in [6.07, 6.45) is 0. The van der Waals surface area contributed by atoms with E-state index in [2.05, 4.69) is 4.98 Å². The Hall–Kier alpha value is -4.38. The maximum absolute atomic E-state index is 13.3. The number of carbonyl (C=O) groups is 3. The van der Waals surface area contributed by atoms with Crippen LogP contribution in [0.5, 0.6) is 17.2 Å². The number of benzene rings is 2. The molecule has 0 spiro atoms. The number of aromatic nitrogens is 1. The molecule has 1 aliphatic rings. The first-order chi connectivity index (χ1) is 17.2. The van der Waals surface area contributed by atoms with E-state index < -0.39 is 29.5 Å². The van der Waals surface area contributed by atoms with Crippen molar-refractivity contribution in [1.82, 2.24) is 4.98 Å². The molecule has 0 saturated carbocycles. The number of hydrogen-bond donors (Lipinski definition) is 2. The molecule has 1 aromatic heterocycles. The van der Waals surface area contributed by atoms with Gasteiger partial charge in [-0.25, -0.2) is 9.78 Å². The lowest BCUT2D eigenvalue weighted by Crippen LogP contribution is -2.29. The van der Waals surface area contributed by atoms with Crippen LogP contribution in [-0.4, -0.2) is 54.2 Å². The summed E-state index contributed by atoms with van der Waals surface area (Å²) in [7, 11) is 4.05. The predicted octanol–water partition coefficient (Wildman–Crippen LogP) is 3.59. The number of anilines is 1. The Morgan fingerprint density at radius 2 is 1.83 bits per heavy atom. The molecule has 1 fully saturated rings. The third-order valence-corrected chi connectivity index (χ3v) is 6.81. The van der Waals surface area contributed by atoms with Gasteiger partial charge in [0.1, 0.15) is 16.4 Å². The van der Waals surface area contributed by atoms with Gasteiger partial charge in [0.2, 0.25) is 0 Å². The highest BCUT2D eigenvalue weighted by molar-refractivity contribution is 7.17. The van der Waals surface area contributed by atoms with Crippen LogP contribution in [-0.2, 0) is 14.3 Å². The molecule has 1 amide bonds. The summed E-state index contributed by atoms with van der Waals surface area (Å²) in [6.45, 7) is 1.58. The first kappa shape index (κ1) is 24.7. The monoisotopic (exact) mass is 510 g/mol. The van der Waals surface area contributed by atoms with Gasteiger partial charge in [-0.1, -0.05) is 29.5 Å². The van der Waals surface area contributed by atoms with Crippen LogP contribution in [0.25, 0.3) is 5.76 Å². The molecule has 11 heteroatoms. The summed E-state index contributed by atoms with van der Waals surface area (Å²) >= 11 is 0.885. The second-order valence-electron chi connectivity index (χ2n) is 7.73. The number of nitrogens with zero attached hydrogens (tertiary/aromatic N) is 2. The maximum atomic E-state index is 13.3. The van der Waals surface area contributed by atoms with E-state index >= 15 is 0 Å². The number of Topliss-reactive ketones (excluding diaryl/α,β-unsaturated/α-hetero) is 1. The van der Waals surface area contributed by atoms with Crippen molar-refractivity contribution >= 4 is 39.9 Å². The lowest BCUT2D eigenvalue weighted by molar-refractivity contribution is -0.132. The molecule has 1 atom stereocenters. The van der Waals surface area contributed by atoms with E-state index in [1.54, 1.807) is 25.1 Å². The molecule has 1 aliphatic heterocycles. The van der Waals surface area contributed by atoms with Crippen molar-refractivity contribution < 1.29 is 38.8 Å². The van der Waals surface area contributed by atoms with Gasteiger partial charge >= 0.3 is 11.9 Å². The summed E-state index contributed by atoms with van der Waals surface area (Å²) < 4.78 is 15.2. The number of amides is 1. The third-order valence-electron chi connectivity index (χ3n) is 5.67. The van der Waals surface area contributed by atoms with E-state index in [0.717, 1.165) is 16.2 Å². The van der Waals surface area contributed by atoms with Crippen LogP contribution in [0.4, 0.5) is 5.13 Å². The van der Waals surface area contributed by atoms with Crippen LogP contribution in [0.15, 0.2) is 48.0 Å². The number of hydrogen-bond acceptors (Lipinski definition) is 10. The van der Waals surface area contributed by atoms with Crippen LogP contribution in [0, 0.1) is 6.92 Å². The topological polar surface area (TPSA) is 135 Å². The second kappa shape index (κ2) is 9.70. The van der Waals surface area contributed by atoms with Gasteiger partial charge < -0.3 is 24.4 Å². The molecule has 10 nitrogen and oxygen atoms in total. The molecule has 0 radical (unpaired) electrons. The maximum Gasteiger partial charge on any atom is 0.350 e. The molecule has 186 valence electrons. The van der Waals surface area contributed by atoms with Crippen molar-refractivity contribution in [1.29, 1.82) is 0 Å². The molecule has 3 aromatic rings. The zero-order valence-corrected chi connectivity index (χ0v) is 20.6. The van der Waals surface area contributed by atoms with Crippen LogP contribution in [0.2, 0.25) is 0 Å². The van der Waals surface area contributed by atoms with Gasteiger partial charge in [0.05, 0.1) is 38.6 Å². The van der Waals surface area contributed by atoms with Gasteiger partial charge in [-0.2, -0.15) is 0 Å². The van der Waals surface area contributed by atoms with Gasteiger partial charge in [0, 0.05) is 5.56 Å². The summed E-state index contributed by atoms with van der Waals surface area (Å²) in [6, 6.07) is 9.58. The van der Waals surface area contributed by atoms with Crippen LogP contribution in [0.3, 0.4) is 0 Å². The number of thiazole rings is 1. The smallest absolute Gasteiger partial charge is 0.350 e. The van der Waals surface area contributed by atoms with Gasteiger partial charge in [-0.15, -0.1) is 0 Å². The van der Waals surface area contributed by atoms with Crippen molar-refractivity contribution in [2.75, 3.05) is 26.2 Å². The molecule has 2 N–H and O–H groups in total. The van der Waals surface area contributed by atoms with Crippen LogP contribution in [0.1, 0.15) is 32.5 Å². The van der Waals surface area contributed by atoms with Crippen molar-refractivity contribution in [2.45, 2.75) is 13.0 Å². The van der Waals surface area contributed by atoms with E-state index in [-0.39, 0.29) is 32.6 Å². The number of aryl methyl sites for hydroxylation is 1. The lowest BCUT2D eigenvalue weighted by atomic mass is 9.95. The van der Waals surface area contributed by atoms with Gasteiger partial charge in [0.25, 0.3) is 5.78 Å². The fourth-order valence-corrected chi connectivity index (χ4v) is 4.91. The molecule has 0 aliphatic carbocycles. The number of methoxy groups -OCH3 is 3. The second-order valence-corrected chi connectivity index (χ2v) is 8.71. The van der Waals surface area contributed by atoms with Crippen LogP contribution >= 0.6 is 11.3 Å². The molecule has 0 bridgehead atoms. The first-order valence-electron chi connectivity index (χ1n) is 10.6. The zero-order valence-electron chi connectivity index (χ0n) is 19.8. The average Bonchev–Trinajstić information content (AvgIpc) is 3.40. The summed E-state index contributed by atoms with van der Waals surface area (Å²) in [5.41, 5.74) is 0.737. The van der Waals surface area contributed by atoms with Gasteiger partial charge in [-0.05, 0) is 36.8 Å². The minimum atomic E-state index is -1.14. The number of aliphatic hydroxyl groups is 1. The summed E-state index contributed by atoms with van der Waals surface area (Å²) in [5, 5.41) is 21.4. The van der Waals surface area contributed by atoms with Gasteiger partial charge in [-0.3, -0.25) is 14.5 Å². The number of ketones is 1. The highest BCUT2D eigenvalue weighted by Crippen LogP contribution is 2.45. The van der Waals surface area contributed by atoms with E-state index in [9.17, 15) is 24.6 Å². The SMILES string of the molecule is COC(=O)c1sc(N2C(=O)C(=O)C(=C(O)c3cccc(OC)c3)C2c2ccc(O)c(OC)c2)nc1C. The Balaban J connectivity index is 1.97. The van der Waals surface area contributed by atoms with E-state index in [0.29, 0.717) is 17.0 Å². The summed E-state index contributed by atoms with van der Waals surface area (Å²) in [4.78, 5) is 44.4. The normalized spacial score (nSPS) is 16.8. The molecule has 1 saturated heterocycles. The molecule has 36 heavy (non-hydrogen) atoms. The molecule has 2 aromatic carbocycles. The van der Waals surface area contributed by atoms with Crippen molar-refractivity contribution in [2.24, 2.45) is 0 Å². The van der Waals surface area contributed by atoms with Crippen molar-refractivity contribution in [3.05, 3.63) is 69.7 Å².